The van der Waals surface area contributed by atoms with Crippen molar-refractivity contribution in [2.24, 2.45) is 0 Å². The van der Waals surface area contributed by atoms with Gasteiger partial charge in [0.1, 0.15) is 32.0 Å². The van der Waals surface area contributed by atoms with Gasteiger partial charge in [-0.2, -0.15) is 26.3 Å². The van der Waals surface area contributed by atoms with Crippen molar-refractivity contribution in [3.63, 3.8) is 0 Å². The van der Waals surface area contributed by atoms with Gasteiger partial charge >= 0.3 is 30.3 Å². The lowest BCUT2D eigenvalue weighted by Gasteiger charge is -2.39. The van der Waals surface area contributed by atoms with Crippen molar-refractivity contribution < 1.29 is 64.4 Å². The van der Waals surface area contributed by atoms with Gasteiger partial charge in [-0.1, -0.05) is 12.1 Å². The number of rotatable bonds is 6. The fourth-order valence-electron chi connectivity index (χ4n) is 6.53. The van der Waals surface area contributed by atoms with Crippen molar-refractivity contribution >= 4 is 17.9 Å². The third-order valence-electron chi connectivity index (χ3n) is 9.25. The molecule has 2 aromatic rings. The molecular weight excluding hydrogens is 742 g/mol. The molecule has 55 heavy (non-hydrogen) atoms. The molecule has 0 bridgehead atoms. The summed E-state index contributed by atoms with van der Waals surface area (Å²) in [5.74, 6) is -0.944. The monoisotopic (exact) mass is 788 g/mol. The molecule has 4 aliphatic rings. The van der Waals surface area contributed by atoms with Crippen molar-refractivity contribution in [1.82, 2.24) is 20.0 Å². The Labute approximate surface area is 314 Å². The molecular formula is C37H46F6N4O8. The van der Waals surface area contributed by atoms with Crippen molar-refractivity contribution in [3.05, 3.63) is 47.5 Å². The lowest BCUT2D eigenvalue weighted by Crippen LogP contribution is -2.51. The molecule has 0 radical (unpaired) electrons. The second kappa shape index (κ2) is 17.5. The predicted octanol–water partition coefficient (Wildman–Crippen LogP) is 5.85. The smallest absolute Gasteiger partial charge is 0.471 e. The highest BCUT2D eigenvalue weighted by molar-refractivity contribution is 5.82. The maximum atomic E-state index is 12.9. The number of ether oxygens (including phenoxy) is 5. The van der Waals surface area contributed by atoms with E-state index in [4.69, 9.17) is 23.7 Å². The Balaban J connectivity index is 0.000000218. The summed E-state index contributed by atoms with van der Waals surface area (Å²) in [5, 5.41) is 3.33. The Bertz CT molecular complexity index is 1650. The number of amides is 3. The maximum Gasteiger partial charge on any atom is 0.471 e. The van der Waals surface area contributed by atoms with Gasteiger partial charge in [0.15, 0.2) is 23.0 Å². The standard InChI is InChI=1S/C21H27F3N2O5.C16H19F3N2O3/c1-20(2,3)31-19(28)26(13-14-4-5-16-17(12-14)30-11-10-29-16)15-6-8-25(9-7-15)18(27)21(22,23)24;17-16(18,19)15(22)21-5-3-12(4-6-21)20-10-11-1-2-13-14(9-11)24-8-7-23-13/h4-5,12,15H,6-11,13H2,1-3H3;1-2,9,12,20H,3-8,10H2. The zero-order chi connectivity index (χ0) is 40.0. The van der Waals surface area contributed by atoms with Crippen LogP contribution < -0.4 is 24.3 Å². The van der Waals surface area contributed by atoms with Gasteiger partial charge < -0.3 is 43.7 Å². The van der Waals surface area contributed by atoms with E-state index in [-0.39, 0.29) is 57.6 Å². The van der Waals surface area contributed by atoms with Crippen LogP contribution in [0.3, 0.4) is 0 Å². The van der Waals surface area contributed by atoms with E-state index < -0.39 is 35.9 Å². The number of fused-ring (bicyclic) bond motifs is 2. The fourth-order valence-corrected chi connectivity index (χ4v) is 6.53. The topological polar surface area (TPSA) is 119 Å². The van der Waals surface area contributed by atoms with Crippen LogP contribution in [0.5, 0.6) is 23.0 Å². The molecule has 3 amide bonds. The molecule has 1 N–H and O–H groups in total. The number of likely N-dealkylation sites (tertiary alicyclic amines) is 2. The molecule has 304 valence electrons. The first kappa shape index (κ1) is 41.6. The fraction of sp³-hybridized carbons (Fsp3) is 0.595. The summed E-state index contributed by atoms with van der Waals surface area (Å²) in [7, 11) is 0. The molecule has 2 saturated heterocycles. The van der Waals surface area contributed by atoms with Crippen LogP contribution in [0.1, 0.15) is 57.6 Å². The second-order valence-corrected chi connectivity index (χ2v) is 14.5. The highest BCUT2D eigenvalue weighted by atomic mass is 19.4. The van der Waals surface area contributed by atoms with Crippen LogP contribution in [0.25, 0.3) is 0 Å². The van der Waals surface area contributed by atoms with Crippen LogP contribution in [0.2, 0.25) is 0 Å². The van der Waals surface area contributed by atoms with E-state index in [0.29, 0.717) is 63.1 Å². The average Bonchev–Trinajstić information content (AvgIpc) is 3.14. The molecule has 12 nitrogen and oxygen atoms in total. The van der Waals surface area contributed by atoms with Crippen LogP contribution in [0.15, 0.2) is 36.4 Å². The zero-order valence-corrected chi connectivity index (χ0v) is 30.9. The van der Waals surface area contributed by atoms with Gasteiger partial charge in [0, 0.05) is 51.4 Å². The molecule has 4 aliphatic heterocycles. The summed E-state index contributed by atoms with van der Waals surface area (Å²) in [6, 6.07) is 10.8. The van der Waals surface area contributed by atoms with E-state index in [1.165, 1.54) is 4.90 Å². The number of benzene rings is 2. The number of carbonyl (C=O) groups excluding carboxylic acids is 3. The number of carbonyl (C=O) groups is 3. The van der Waals surface area contributed by atoms with Gasteiger partial charge in [-0.15, -0.1) is 0 Å². The molecule has 0 unspecified atom stereocenters. The number of nitrogens with one attached hydrogen (secondary N) is 1. The van der Waals surface area contributed by atoms with Gasteiger partial charge in [-0.05, 0) is 81.8 Å². The number of alkyl halides is 6. The maximum absolute atomic E-state index is 12.9. The summed E-state index contributed by atoms with van der Waals surface area (Å²) in [6.45, 7) is 8.07. The molecule has 2 aromatic carbocycles. The SMILES string of the molecule is CC(C)(C)OC(=O)N(Cc1ccc2c(c1)OCCO2)C1CCN(C(=O)C(F)(F)F)CC1.O=C(N1CCC(NCc2ccc3c(c2)OCCO3)CC1)C(F)(F)F. The quantitative estimate of drug-likeness (QED) is 0.360. The van der Waals surface area contributed by atoms with E-state index in [9.17, 15) is 40.7 Å². The predicted molar refractivity (Wildman–Crippen MR) is 185 cm³/mol. The van der Waals surface area contributed by atoms with Gasteiger partial charge in [0.05, 0.1) is 0 Å². The van der Waals surface area contributed by atoms with Gasteiger partial charge in [0.2, 0.25) is 0 Å². The normalized spacial score (nSPS) is 17.8. The van der Waals surface area contributed by atoms with Crippen LogP contribution >= 0.6 is 0 Å². The van der Waals surface area contributed by atoms with Crippen molar-refractivity contribution in [1.29, 1.82) is 0 Å². The van der Waals surface area contributed by atoms with Crippen LogP contribution in [0, 0.1) is 0 Å². The molecule has 0 aromatic heterocycles. The van der Waals surface area contributed by atoms with Gasteiger partial charge in [-0.3, -0.25) is 9.59 Å². The van der Waals surface area contributed by atoms with Crippen molar-refractivity contribution in [2.75, 3.05) is 52.6 Å². The van der Waals surface area contributed by atoms with Crippen molar-refractivity contribution in [2.45, 2.75) is 89.6 Å². The van der Waals surface area contributed by atoms with E-state index in [2.05, 4.69) is 5.32 Å². The van der Waals surface area contributed by atoms with E-state index in [0.717, 1.165) is 26.7 Å². The summed E-state index contributed by atoms with van der Waals surface area (Å²) in [4.78, 5) is 38.8. The molecule has 0 spiro atoms. The first-order valence-electron chi connectivity index (χ1n) is 18.1. The molecule has 18 heteroatoms. The highest BCUT2D eigenvalue weighted by Crippen LogP contribution is 2.33. The lowest BCUT2D eigenvalue weighted by molar-refractivity contribution is -0.186. The Morgan fingerprint density at radius 3 is 1.60 bits per heavy atom. The third-order valence-corrected chi connectivity index (χ3v) is 9.25. The van der Waals surface area contributed by atoms with Gasteiger partial charge in [-0.25, -0.2) is 4.79 Å². The summed E-state index contributed by atoms with van der Waals surface area (Å²) < 4.78 is 103. The number of piperidine rings is 2. The minimum absolute atomic E-state index is 0.0799. The summed E-state index contributed by atoms with van der Waals surface area (Å²) in [6.07, 6.45) is -8.77. The average molecular weight is 789 g/mol. The Hall–Kier alpha value is -4.61. The molecule has 2 fully saturated rings. The molecule has 6 rings (SSSR count). The first-order valence-corrected chi connectivity index (χ1v) is 18.1. The Kier molecular flexibility index (Phi) is 13.2. The van der Waals surface area contributed by atoms with E-state index in [1.807, 2.05) is 24.3 Å². The first-order chi connectivity index (χ1) is 25.9. The van der Waals surface area contributed by atoms with E-state index >= 15 is 0 Å². The van der Waals surface area contributed by atoms with E-state index in [1.54, 1.807) is 32.9 Å². The molecule has 0 atom stereocenters. The number of nitrogens with zero attached hydrogens (tertiary/aromatic N) is 3. The van der Waals surface area contributed by atoms with Crippen molar-refractivity contribution in [3.8, 4) is 23.0 Å². The van der Waals surface area contributed by atoms with Crippen LogP contribution in [-0.4, -0.2) is 115 Å². The van der Waals surface area contributed by atoms with Crippen LogP contribution in [-0.2, 0) is 27.4 Å². The lowest BCUT2D eigenvalue weighted by atomic mass is 10.0. The minimum Gasteiger partial charge on any atom is -0.486 e. The third kappa shape index (κ3) is 11.7. The number of halogens is 6. The molecule has 4 heterocycles. The number of hydrogen-bond acceptors (Lipinski definition) is 9. The Morgan fingerprint density at radius 2 is 1.13 bits per heavy atom. The second-order valence-electron chi connectivity index (χ2n) is 14.5. The van der Waals surface area contributed by atoms with Crippen LogP contribution in [0.4, 0.5) is 31.1 Å². The highest BCUT2D eigenvalue weighted by Gasteiger charge is 2.45. The van der Waals surface area contributed by atoms with Gasteiger partial charge in [0.25, 0.3) is 0 Å². The summed E-state index contributed by atoms with van der Waals surface area (Å²) >= 11 is 0. The summed E-state index contributed by atoms with van der Waals surface area (Å²) in [5.41, 5.74) is 1.08. The minimum atomic E-state index is -4.90. The zero-order valence-electron chi connectivity index (χ0n) is 30.9. The number of hydrogen-bond donors (Lipinski definition) is 1. The molecule has 0 aliphatic carbocycles. The Morgan fingerprint density at radius 1 is 0.691 bits per heavy atom. The molecule has 0 saturated carbocycles. The largest absolute Gasteiger partial charge is 0.486 e.